The van der Waals surface area contributed by atoms with Crippen molar-refractivity contribution in [3.8, 4) is 16.9 Å². The fourth-order valence-corrected chi connectivity index (χ4v) is 1.72. The smallest absolute Gasteiger partial charge is 0.221 e. The Labute approximate surface area is 99.7 Å². The number of hydrogen-bond acceptors (Lipinski definition) is 2. The molecule has 0 atom stereocenters. The van der Waals surface area contributed by atoms with E-state index in [1.165, 1.54) is 6.92 Å². The van der Waals surface area contributed by atoms with Crippen molar-refractivity contribution in [2.24, 2.45) is 0 Å². The molecule has 0 aliphatic carbocycles. The van der Waals surface area contributed by atoms with Gasteiger partial charge in [0.25, 0.3) is 0 Å². The lowest BCUT2D eigenvalue weighted by atomic mass is 10.0. The average Bonchev–Trinajstić information content (AvgIpc) is 2.30. The molecular formula is C14H13NO2. The van der Waals surface area contributed by atoms with Gasteiger partial charge in [0.05, 0.1) is 0 Å². The molecule has 2 rings (SSSR count). The lowest BCUT2D eigenvalue weighted by molar-refractivity contribution is -0.114. The Balaban J connectivity index is 2.52. The summed E-state index contributed by atoms with van der Waals surface area (Å²) in [6.45, 7) is 1.46. The molecule has 3 heteroatoms. The second kappa shape index (κ2) is 4.70. The Kier molecular flexibility index (Phi) is 3.10. The van der Waals surface area contributed by atoms with Gasteiger partial charge in [0.1, 0.15) is 5.75 Å². The van der Waals surface area contributed by atoms with Crippen molar-refractivity contribution in [1.82, 2.24) is 0 Å². The third-order valence-corrected chi connectivity index (χ3v) is 2.43. The van der Waals surface area contributed by atoms with Gasteiger partial charge in [0.15, 0.2) is 0 Å². The van der Waals surface area contributed by atoms with Crippen LogP contribution < -0.4 is 5.32 Å². The van der Waals surface area contributed by atoms with E-state index in [2.05, 4.69) is 5.32 Å². The molecule has 0 unspecified atom stereocenters. The normalized spacial score (nSPS) is 9.94. The summed E-state index contributed by atoms with van der Waals surface area (Å²) in [6, 6.07) is 14.4. The van der Waals surface area contributed by atoms with Crippen molar-refractivity contribution >= 4 is 11.6 Å². The Morgan fingerprint density at radius 2 is 1.59 bits per heavy atom. The first kappa shape index (κ1) is 11.2. The number of phenolic OH excluding ortho intramolecular Hbond substituents is 1. The molecule has 0 aliphatic heterocycles. The minimum atomic E-state index is -0.132. The molecule has 0 spiro atoms. The zero-order valence-corrected chi connectivity index (χ0v) is 9.47. The number of carbonyl (C=O) groups is 1. The van der Waals surface area contributed by atoms with Crippen molar-refractivity contribution in [3.63, 3.8) is 0 Å². The highest BCUT2D eigenvalue weighted by atomic mass is 16.3. The zero-order chi connectivity index (χ0) is 12.3. The van der Waals surface area contributed by atoms with Crippen LogP contribution in [0.1, 0.15) is 6.92 Å². The molecular weight excluding hydrogens is 214 g/mol. The Hall–Kier alpha value is -2.29. The Bertz CT molecular complexity index is 549. The summed E-state index contributed by atoms with van der Waals surface area (Å²) in [7, 11) is 0. The van der Waals surface area contributed by atoms with Gasteiger partial charge in [-0.05, 0) is 12.1 Å². The van der Waals surface area contributed by atoms with Crippen LogP contribution in [0, 0.1) is 0 Å². The first-order valence-corrected chi connectivity index (χ1v) is 5.33. The number of aromatic hydroxyl groups is 1. The van der Waals surface area contributed by atoms with Gasteiger partial charge in [-0.1, -0.05) is 36.4 Å². The second-order valence-corrected chi connectivity index (χ2v) is 3.74. The summed E-state index contributed by atoms with van der Waals surface area (Å²) in [4.78, 5) is 11.1. The fraction of sp³-hybridized carbons (Fsp3) is 0.0714. The summed E-state index contributed by atoms with van der Waals surface area (Å²) in [5, 5.41) is 12.6. The van der Waals surface area contributed by atoms with Crippen LogP contribution in [-0.4, -0.2) is 11.0 Å². The van der Waals surface area contributed by atoms with Gasteiger partial charge in [-0.15, -0.1) is 0 Å². The van der Waals surface area contributed by atoms with E-state index < -0.39 is 0 Å². The minimum absolute atomic E-state index is 0.132. The monoisotopic (exact) mass is 227 g/mol. The van der Waals surface area contributed by atoms with Crippen LogP contribution in [0.4, 0.5) is 5.69 Å². The van der Waals surface area contributed by atoms with Crippen molar-refractivity contribution in [3.05, 3.63) is 48.5 Å². The van der Waals surface area contributed by atoms with E-state index in [1.54, 1.807) is 12.1 Å². The number of para-hydroxylation sites is 2. The molecule has 2 aromatic carbocycles. The molecule has 2 aromatic rings. The zero-order valence-electron chi connectivity index (χ0n) is 9.47. The number of hydrogen-bond donors (Lipinski definition) is 2. The number of nitrogens with one attached hydrogen (secondary N) is 1. The van der Waals surface area contributed by atoms with Crippen molar-refractivity contribution in [2.45, 2.75) is 6.92 Å². The highest BCUT2D eigenvalue weighted by Crippen LogP contribution is 2.33. The highest BCUT2D eigenvalue weighted by molar-refractivity contribution is 5.94. The number of anilines is 1. The lowest BCUT2D eigenvalue weighted by Gasteiger charge is -2.10. The summed E-state index contributed by atoms with van der Waals surface area (Å²) in [5.41, 5.74) is 2.21. The average molecular weight is 227 g/mol. The molecule has 3 nitrogen and oxygen atoms in total. The molecule has 0 saturated carbocycles. The number of carbonyl (C=O) groups excluding carboxylic acids is 1. The molecule has 17 heavy (non-hydrogen) atoms. The number of benzene rings is 2. The van der Waals surface area contributed by atoms with E-state index in [9.17, 15) is 9.90 Å². The van der Waals surface area contributed by atoms with Gasteiger partial charge in [0.2, 0.25) is 5.91 Å². The fourth-order valence-electron chi connectivity index (χ4n) is 1.72. The molecule has 86 valence electrons. The third-order valence-electron chi connectivity index (χ3n) is 2.43. The standard InChI is InChI=1S/C14H13NO2/c1-10(16)15-13-8-4-2-6-11(13)12-7-3-5-9-14(12)17/h2-9,17H,1H3,(H,15,16). The van der Waals surface area contributed by atoms with Crippen molar-refractivity contribution in [2.75, 3.05) is 5.32 Å². The first-order valence-electron chi connectivity index (χ1n) is 5.33. The van der Waals surface area contributed by atoms with Gasteiger partial charge < -0.3 is 10.4 Å². The van der Waals surface area contributed by atoms with E-state index in [0.717, 1.165) is 5.56 Å². The number of rotatable bonds is 2. The summed E-state index contributed by atoms with van der Waals surface area (Å²) in [6.07, 6.45) is 0. The molecule has 0 fully saturated rings. The first-order chi connectivity index (χ1) is 8.18. The second-order valence-electron chi connectivity index (χ2n) is 3.74. The predicted molar refractivity (Wildman–Crippen MR) is 67.8 cm³/mol. The van der Waals surface area contributed by atoms with Gasteiger partial charge in [-0.25, -0.2) is 0 Å². The van der Waals surface area contributed by atoms with Gasteiger partial charge in [0, 0.05) is 23.7 Å². The minimum Gasteiger partial charge on any atom is -0.507 e. The summed E-state index contributed by atoms with van der Waals surface area (Å²) in [5.74, 6) is 0.0678. The summed E-state index contributed by atoms with van der Waals surface area (Å²) < 4.78 is 0. The van der Waals surface area contributed by atoms with Crippen LogP contribution in [0.25, 0.3) is 11.1 Å². The topological polar surface area (TPSA) is 49.3 Å². The van der Waals surface area contributed by atoms with Crippen LogP contribution in [0.3, 0.4) is 0 Å². The van der Waals surface area contributed by atoms with E-state index in [-0.39, 0.29) is 11.7 Å². The maximum Gasteiger partial charge on any atom is 0.221 e. The summed E-state index contributed by atoms with van der Waals surface area (Å²) >= 11 is 0. The van der Waals surface area contributed by atoms with Crippen LogP contribution in [0.5, 0.6) is 5.75 Å². The highest BCUT2D eigenvalue weighted by Gasteiger charge is 2.08. The van der Waals surface area contributed by atoms with Crippen LogP contribution >= 0.6 is 0 Å². The molecule has 0 aliphatic rings. The molecule has 1 amide bonds. The molecule has 0 radical (unpaired) electrons. The van der Waals surface area contributed by atoms with E-state index in [1.807, 2.05) is 36.4 Å². The van der Waals surface area contributed by atoms with Gasteiger partial charge in [-0.3, -0.25) is 4.79 Å². The van der Waals surface area contributed by atoms with E-state index in [0.29, 0.717) is 11.3 Å². The van der Waals surface area contributed by atoms with Crippen molar-refractivity contribution < 1.29 is 9.90 Å². The van der Waals surface area contributed by atoms with E-state index in [4.69, 9.17) is 0 Å². The number of amides is 1. The van der Waals surface area contributed by atoms with Gasteiger partial charge >= 0.3 is 0 Å². The largest absolute Gasteiger partial charge is 0.507 e. The molecule has 0 saturated heterocycles. The Morgan fingerprint density at radius 3 is 2.24 bits per heavy atom. The quantitative estimate of drug-likeness (QED) is 0.828. The van der Waals surface area contributed by atoms with Crippen molar-refractivity contribution in [1.29, 1.82) is 0 Å². The van der Waals surface area contributed by atoms with Crippen LogP contribution in [0.15, 0.2) is 48.5 Å². The Morgan fingerprint density at radius 1 is 1.00 bits per heavy atom. The lowest BCUT2D eigenvalue weighted by Crippen LogP contribution is -2.06. The molecule has 0 aromatic heterocycles. The molecule has 2 N–H and O–H groups in total. The third kappa shape index (κ3) is 2.45. The maximum atomic E-state index is 11.1. The molecule has 0 bridgehead atoms. The van der Waals surface area contributed by atoms with Gasteiger partial charge in [-0.2, -0.15) is 0 Å². The molecule has 0 heterocycles. The van der Waals surface area contributed by atoms with Crippen LogP contribution in [-0.2, 0) is 4.79 Å². The number of phenols is 1. The SMILES string of the molecule is CC(=O)Nc1ccccc1-c1ccccc1O. The van der Waals surface area contributed by atoms with Crippen LogP contribution in [0.2, 0.25) is 0 Å². The predicted octanol–water partition coefficient (Wildman–Crippen LogP) is 3.02. The maximum absolute atomic E-state index is 11.1. The van der Waals surface area contributed by atoms with E-state index >= 15 is 0 Å².